The quantitative estimate of drug-likeness (QED) is 0.539. The Kier molecular flexibility index (Phi) is 6.49. The van der Waals surface area contributed by atoms with Gasteiger partial charge in [-0.1, -0.05) is 48.0 Å². The highest BCUT2D eigenvalue weighted by Gasteiger charge is 2.14. The molecule has 0 unspecified atom stereocenters. The predicted molar refractivity (Wildman–Crippen MR) is 91.5 cm³/mol. The molecule has 2 aromatic rings. The molecule has 0 N–H and O–H groups in total. The number of aryl methyl sites for hydroxylation is 1. The van der Waals surface area contributed by atoms with E-state index in [1.54, 1.807) is 36.0 Å². The van der Waals surface area contributed by atoms with E-state index in [1.165, 1.54) is 5.56 Å². The molecule has 3 nitrogen and oxygen atoms in total. The highest BCUT2D eigenvalue weighted by molar-refractivity contribution is 7.98. The van der Waals surface area contributed by atoms with Crippen molar-refractivity contribution in [3.05, 3.63) is 65.7 Å². The molecule has 0 spiro atoms. The normalized spacial score (nSPS) is 11.5. The Morgan fingerprint density at radius 1 is 1.00 bits per heavy atom. The maximum atomic E-state index is 12.0. The molecule has 0 heterocycles. The average Bonchev–Trinajstić information content (AvgIpc) is 2.52. The van der Waals surface area contributed by atoms with E-state index < -0.39 is 10.1 Å². The lowest BCUT2D eigenvalue weighted by Crippen LogP contribution is -2.08. The zero-order valence-electron chi connectivity index (χ0n) is 12.6. The minimum absolute atomic E-state index is 0.218. The molecule has 2 aromatic carbocycles. The summed E-state index contributed by atoms with van der Waals surface area (Å²) in [6.07, 6.45) is 0.711. The van der Waals surface area contributed by atoms with Gasteiger partial charge < -0.3 is 0 Å². The average molecular weight is 336 g/mol. The standard InChI is InChI=1S/C17H20O3S2/c1-15-8-10-17(11-9-15)22(18,19)20-12-5-13-21-14-16-6-3-2-4-7-16/h2-4,6-11H,5,12-14H2,1H3. The third-order valence-corrected chi connectivity index (χ3v) is 5.53. The summed E-state index contributed by atoms with van der Waals surface area (Å²) in [6, 6.07) is 16.9. The topological polar surface area (TPSA) is 43.4 Å². The third kappa shape index (κ3) is 5.48. The minimum atomic E-state index is -3.63. The lowest BCUT2D eigenvalue weighted by Gasteiger charge is -2.06. The van der Waals surface area contributed by atoms with Gasteiger partial charge in [0.1, 0.15) is 0 Å². The van der Waals surface area contributed by atoms with Gasteiger partial charge in [0.25, 0.3) is 10.1 Å². The smallest absolute Gasteiger partial charge is 0.266 e. The summed E-state index contributed by atoms with van der Waals surface area (Å²) in [6.45, 7) is 2.14. The fraction of sp³-hybridized carbons (Fsp3) is 0.294. The van der Waals surface area contributed by atoms with Gasteiger partial charge in [-0.25, -0.2) is 0 Å². The highest BCUT2D eigenvalue weighted by Crippen LogP contribution is 2.15. The summed E-state index contributed by atoms with van der Waals surface area (Å²) < 4.78 is 29.0. The Bertz CT molecular complexity index is 665. The molecule has 118 valence electrons. The first-order valence-corrected chi connectivity index (χ1v) is 9.72. The number of thioether (sulfide) groups is 1. The first-order valence-electron chi connectivity index (χ1n) is 7.16. The molecule has 0 aromatic heterocycles. The second-order valence-electron chi connectivity index (χ2n) is 4.98. The molecule has 0 amide bonds. The molecule has 0 aliphatic rings. The number of hydrogen-bond acceptors (Lipinski definition) is 4. The van der Waals surface area contributed by atoms with Gasteiger partial charge in [-0.3, -0.25) is 4.18 Å². The van der Waals surface area contributed by atoms with Crippen LogP contribution in [-0.4, -0.2) is 20.8 Å². The largest absolute Gasteiger partial charge is 0.296 e. The molecule has 22 heavy (non-hydrogen) atoms. The molecule has 0 saturated heterocycles. The monoisotopic (exact) mass is 336 g/mol. The van der Waals surface area contributed by atoms with Crippen molar-refractivity contribution >= 4 is 21.9 Å². The van der Waals surface area contributed by atoms with Crippen LogP contribution in [0.2, 0.25) is 0 Å². The Balaban J connectivity index is 1.68. The first-order chi connectivity index (χ1) is 10.6. The lowest BCUT2D eigenvalue weighted by molar-refractivity contribution is 0.319. The highest BCUT2D eigenvalue weighted by atomic mass is 32.2. The van der Waals surface area contributed by atoms with Crippen molar-refractivity contribution in [1.29, 1.82) is 0 Å². The third-order valence-electron chi connectivity index (χ3n) is 3.09. The Morgan fingerprint density at radius 3 is 2.36 bits per heavy atom. The van der Waals surface area contributed by atoms with Gasteiger partial charge in [0.15, 0.2) is 0 Å². The summed E-state index contributed by atoms with van der Waals surface area (Å²) in [5, 5.41) is 0. The Labute approximate surface area is 136 Å². The van der Waals surface area contributed by atoms with Crippen LogP contribution in [0.25, 0.3) is 0 Å². The van der Waals surface area contributed by atoms with Crippen molar-refractivity contribution in [2.45, 2.75) is 24.0 Å². The van der Waals surface area contributed by atoms with E-state index in [0.717, 1.165) is 17.1 Å². The van der Waals surface area contributed by atoms with Crippen LogP contribution in [0.3, 0.4) is 0 Å². The van der Waals surface area contributed by atoms with Crippen molar-refractivity contribution in [2.24, 2.45) is 0 Å². The van der Waals surface area contributed by atoms with E-state index in [2.05, 4.69) is 12.1 Å². The summed E-state index contributed by atoms with van der Waals surface area (Å²) in [4.78, 5) is 0.218. The lowest BCUT2D eigenvalue weighted by atomic mass is 10.2. The van der Waals surface area contributed by atoms with Crippen molar-refractivity contribution in [3.8, 4) is 0 Å². The summed E-state index contributed by atoms with van der Waals surface area (Å²) in [5.74, 6) is 1.81. The molecule has 0 saturated carbocycles. The molecule has 0 atom stereocenters. The molecule has 0 radical (unpaired) electrons. The van der Waals surface area contributed by atoms with Crippen LogP contribution in [0.4, 0.5) is 0 Å². The van der Waals surface area contributed by atoms with Crippen molar-refractivity contribution in [1.82, 2.24) is 0 Å². The molecule has 0 fully saturated rings. The minimum Gasteiger partial charge on any atom is -0.266 e. The van der Waals surface area contributed by atoms with Crippen LogP contribution in [0.1, 0.15) is 17.5 Å². The molecule has 0 bridgehead atoms. The van der Waals surface area contributed by atoms with Crippen molar-refractivity contribution in [2.75, 3.05) is 12.4 Å². The summed E-state index contributed by atoms with van der Waals surface area (Å²) in [5.41, 5.74) is 2.30. The zero-order chi connectivity index (χ0) is 15.8. The SMILES string of the molecule is Cc1ccc(S(=O)(=O)OCCCSCc2ccccc2)cc1. The van der Waals surface area contributed by atoms with Gasteiger partial charge in [-0.05, 0) is 36.8 Å². The molecular formula is C17H20O3S2. The van der Waals surface area contributed by atoms with Gasteiger partial charge in [-0.2, -0.15) is 20.2 Å². The van der Waals surface area contributed by atoms with Gasteiger partial charge in [0, 0.05) is 5.75 Å². The molecule has 0 aliphatic carbocycles. The Morgan fingerprint density at radius 2 is 1.68 bits per heavy atom. The fourth-order valence-electron chi connectivity index (χ4n) is 1.87. The summed E-state index contributed by atoms with van der Waals surface area (Å²) in [7, 11) is -3.63. The molecule has 5 heteroatoms. The predicted octanol–water partition coefficient (Wildman–Crippen LogP) is 4.02. The maximum absolute atomic E-state index is 12.0. The summed E-state index contributed by atoms with van der Waals surface area (Å²) >= 11 is 1.78. The van der Waals surface area contributed by atoms with Crippen molar-refractivity contribution in [3.63, 3.8) is 0 Å². The van der Waals surface area contributed by atoms with E-state index in [0.29, 0.717) is 6.42 Å². The van der Waals surface area contributed by atoms with Crippen LogP contribution < -0.4 is 0 Å². The van der Waals surface area contributed by atoms with E-state index in [9.17, 15) is 8.42 Å². The maximum Gasteiger partial charge on any atom is 0.296 e. The van der Waals surface area contributed by atoms with Gasteiger partial charge in [0.05, 0.1) is 11.5 Å². The van der Waals surface area contributed by atoms with Gasteiger partial charge >= 0.3 is 0 Å². The van der Waals surface area contributed by atoms with Gasteiger partial charge in [0.2, 0.25) is 0 Å². The van der Waals surface area contributed by atoms with E-state index in [1.807, 2.05) is 25.1 Å². The Hall–Kier alpha value is -1.30. The number of rotatable bonds is 8. The van der Waals surface area contributed by atoms with Crippen LogP contribution >= 0.6 is 11.8 Å². The van der Waals surface area contributed by atoms with Crippen LogP contribution in [0.15, 0.2) is 59.5 Å². The van der Waals surface area contributed by atoms with Crippen LogP contribution in [0.5, 0.6) is 0 Å². The zero-order valence-corrected chi connectivity index (χ0v) is 14.2. The van der Waals surface area contributed by atoms with E-state index >= 15 is 0 Å². The van der Waals surface area contributed by atoms with Crippen molar-refractivity contribution < 1.29 is 12.6 Å². The van der Waals surface area contributed by atoms with Crippen LogP contribution in [-0.2, 0) is 20.1 Å². The second kappa shape index (κ2) is 8.36. The number of hydrogen-bond donors (Lipinski definition) is 0. The molecule has 2 rings (SSSR count). The van der Waals surface area contributed by atoms with Crippen LogP contribution in [0, 0.1) is 6.92 Å². The molecular weight excluding hydrogens is 316 g/mol. The fourth-order valence-corrected chi connectivity index (χ4v) is 3.70. The first kappa shape index (κ1) is 17.1. The van der Waals surface area contributed by atoms with E-state index in [4.69, 9.17) is 4.18 Å². The molecule has 0 aliphatic heterocycles. The number of benzene rings is 2. The second-order valence-corrected chi connectivity index (χ2v) is 7.70. The van der Waals surface area contributed by atoms with Gasteiger partial charge in [-0.15, -0.1) is 0 Å². The van der Waals surface area contributed by atoms with E-state index in [-0.39, 0.29) is 11.5 Å².